The van der Waals surface area contributed by atoms with Crippen LogP contribution >= 0.6 is 0 Å². The third-order valence-electron chi connectivity index (χ3n) is 7.06. The number of carbonyl (C=O) groups excluding carboxylic acids is 1. The van der Waals surface area contributed by atoms with E-state index in [9.17, 15) is 4.79 Å². The topological polar surface area (TPSA) is 67.6 Å². The first-order valence-corrected chi connectivity index (χ1v) is 10.6. The van der Waals surface area contributed by atoms with Crippen molar-refractivity contribution in [2.75, 3.05) is 26.3 Å². The lowest BCUT2D eigenvalue weighted by atomic mass is 9.57. The second kappa shape index (κ2) is 7.92. The first kappa shape index (κ1) is 18.9. The molecule has 1 aliphatic heterocycles. The molecule has 1 N–H and O–H groups in total. The standard InChI is InChI=1S/C21H33N3O3/c1-21(2)16(12-19(21)22-20(25)15-5-3-4-6-15)11-17-13-18(27-23-17)14-24-7-9-26-10-8-24/h13,15-16,19H,3-12,14H2,1-2H3,(H,22,25)/t16-,19+/m1/s1. The summed E-state index contributed by atoms with van der Waals surface area (Å²) in [6, 6.07) is 2.39. The van der Waals surface area contributed by atoms with E-state index >= 15 is 0 Å². The van der Waals surface area contributed by atoms with E-state index in [4.69, 9.17) is 9.26 Å². The average Bonchev–Trinajstić information content (AvgIpc) is 3.34. The summed E-state index contributed by atoms with van der Waals surface area (Å²) >= 11 is 0. The molecule has 2 aliphatic carbocycles. The van der Waals surface area contributed by atoms with E-state index in [0.717, 1.165) is 70.0 Å². The molecule has 2 saturated carbocycles. The normalized spacial score (nSPS) is 28.8. The number of amides is 1. The van der Waals surface area contributed by atoms with Crippen LogP contribution in [0.3, 0.4) is 0 Å². The maximum atomic E-state index is 12.4. The van der Waals surface area contributed by atoms with Crippen molar-refractivity contribution in [3.8, 4) is 0 Å². The number of rotatable bonds is 6. The highest BCUT2D eigenvalue weighted by atomic mass is 16.5. The van der Waals surface area contributed by atoms with Gasteiger partial charge in [0, 0.05) is 31.1 Å². The third kappa shape index (κ3) is 4.21. The molecule has 0 radical (unpaired) electrons. The number of nitrogens with one attached hydrogen (secondary N) is 1. The fourth-order valence-electron chi connectivity index (χ4n) is 4.84. The first-order chi connectivity index (χ1) is 13.0. The van der Waals surface area contributed by atoms with E-state index in [0.29, 0.717) is 5.92 Å². The van der Waals surface area contributed by atoms with Crippen molar-refractivity contribution >= 4 is 5.91 Å². The van der Waals surface area contributed by atoms with Crippen molar-refractivity contribution < 1.29 is 14.1 Å². The lowest BCUT2D eigenvalue weighted by Gasteiger charge is -2.52. The van der Waals surface area contributed by atoms with E-state index in [1.54, 1.807) is 0 Å². The van der Waals surface area contributed by atoms with Crippen LogP contribution in [0.4, 0.5) is 0 Å². The molecule has 3 fully saturated rings. The van der Waals surface area contributed by atoms with Crippen molar-refractivity contribution in [3.05, 3.63) is 17.5 Å². The van der Waals surface area contributed by atoms with E-state index in [-0.39, 0.29) is 23.3 Å². The van der Waals surface area contributed by atoms with Gasteiger partial charge < -0.3 is 14.6 Å². The summed E-state index contributed by atoms with van der Waals surface area (Å²) in [5, 5.41) is 7.62. The monoisotopic (exact) mass is 375 g/mol. The Balaban J connectivity index is 1.27. The minimum absolute atomic E-state index is 0.109. The molecule has 6 heteroatoms. The summed E-state index contributed by atoms with van der Waals surface area (Å²) in [5.41, 5.74) is 1.15. The zero-order chi connectivity index (χ0) is 18.9. The Kier molecular flexibility index (Phi) is 5.55. The SMILES string of the molecule is CC1(C)[C@H](Cc2cc(CN3CCOCC3)on2)C[C@@H]1NC(=O)C1CCCC1. The van der Waals surface area contributed by atoms with Gasteiger partial charge in [0.15, 0.2) is 5.76 Å². The summed E-state index contributed by atoms with van der Waals surface area (Å²) in [4.78, 5) is 14.8. The van der Waals surface area contributed by atoms with E-state index in [1.165, 1.54) is 12.8 Å². The van der Waals surface area contributed by atoms with Gasteiger partial charge in [0.05, 0.1) is 25.5 Å². The highest BCUT2D eigenvalue weighted by Gasteiger charge is 2.49. The first-order valence-electron chi connectivity index (χ1n) is 10.6. The number of hydrogen-bond acceptors (Lipinski definition) is 5. The molecule has 0 bridgehead atoms. The molecule has 2 heterocycles. The summed E-state index contributed by atoms with van der Waals surface area (Å²) in [7, 11) is 0. The van der Waals surface area contributed by atoms with Crippen molar-refractivity contribution in [2.24, 2.45) is 17.3 Å². The van der Waals surface area contributed by atoms with Crippen molar-refractivity contribution in [3.63, 3.8) is 0 Å². The van der Waals surface area contributed by atoms with Crippen LogP contribution in [0.1, 0.15) is 57.4 Å². The molecule has 2 atom stereocenters. The van der Waals surface area contributed by atoms with Crippen LogP contribution in [-0.4, -0.2) is 48.3 Å². The number of ether oxygens (including phenoxy) is 1. The third-order valence-corrected chi connectivity index (χ3v) is 7.06. The van der Waals surface area contributed by atoms with Crippen LogP contribution in [0.5, 0.6) is 0 Å². The van der Waals surface area contributed by atoms with Gasteiger partial charge in [0.25, 0.3) is 0 Å². The maximum absolute atomic E-state index is 12.4. The lowest BCUT2D eigenvalue weighted by Crippen LogP contribution is -2.59. The molecule has 0 aromatic carbocycles. The fourth-order valence-corrected chi connectivity index (χ4v) is 4.84. The van der Waals surface area contributed by atoms with Crippen molar-refractivity contribution in [1.29, 1.82) is 0 Å². The van der Waals surface area contributed by atoms with Crippen LogP contribution in [0.25, 0.3) is 0 Å². The highest BCUT2D eigenvalue weighted by molar-refractivity contribution is 5.79. The van der Waals surface area contributed by atoms with Crippen molar-refractivity contribution in [2.45, 2.75) is 65.0 Å². The highest BCUT2D eigenvalue weighted by Crippen LogP contribution is 2.48. The summed E-state index contributed by atoms with van der Waals surface area (Å²) < 4.78 is 11.0. The molecule has 1 saturated heterocycles. The van der Waals surface area contributed by atoms with E-state index in [2.05, 4.69) is 35.3 Å². The van der Waals surface area contributed by atoms with Gasteiger partial charge >= 0.3 is 0 Å². The van der Waals surface area contributed by atoms with Gasteiger partial charge in [-0.25, -0.2) is 0 Å². The Labute approximate surface area is 162 Å². The summed E-state index contributed by atoms with van der Waals surface area (Å²) in [6.45, 7) is 8.86. The van der Waals surface area contributed by atoms with Gasteiger partial charge in [-0.05, 0) is 37.0 Å². The largest absolute Gasteiger partial charge is 0.379 e. The minimum Gasteiger partial charge on any atom is -0.379 e. The predicted octanol–water partition coefficient (Wildman–Crippen LogP) is 2.77. The van der Waals surface area contributed by atoms with Crippen LogP contribution < -0.4 is 5.32 Å². The number of hydrogen-bond donors (Lipinski definition) is 1. The molecule has 1 amide bonds. The second-order valence-corrected chi connectivity index (χ2v) is 9.17. The van der Waals surface area contributed by atoms with Crippen LogP contribution in [0, 0.1) is 17.3 Å². The zero-order valence-electron chi connectivity index (χ0n) is 16.7. The predicted molar refractivity (Wildman–Crippen MR) is 102 cm³/mol. The Hall–Kier alpha value is -1.40. The molecule has 1 aromatic heterocycles. The Morgan fingerprint density at radius 3 is 2.74 bits per heavy atom. The Morgan fingerprint density at radius 2 is 2.04 bits per heavy atom. The molecule has 3 aliphatic rings. The number of morpholine rings is 1. The summed E-state index contributed by atoms with van der Waals surface area (Å²) in [6.07, 6.45) is 6.49. The fraction of sp³-hybridized carbons (Fsp3) is 0.810. The van der Waals surface area contributed by atoms with Crippen LogP contribution in [0.2, 0.25) is 0 Å². The van der Waals surface area contributed by atoms with Gasteiger partial charge in [0.2, 0.25) is 5.91 Å². The van der Waals surface area contributed by atoms with Crippen LogP contribution in [-0.2, 0) is 22.5 Å². The molecular weight excluding hydrogens is 342 g/mol. The zero-order valence-corrected chi connectivity index (χ0v) is 16.7. The Bertz CT molecular complexity index is 645. The molecule has 4 rings (SSSR count). The number of nitrogens with zero attached hydrogens (tertiary/aromatic N) is 2. The van der Waals surface area contributed by atoms with Gasteiger partial charge in [-0.15, -0.1) is 0 Å². The number of aromatic nitrogens is 1. The molecular formula is C21H33N3O3. The van der Waals surface area contributed by atoms with Gasteiger partial charge in [0.1, 0.15) is 0 Å². The average molecular weight is 376 g/mol. The molecule has 150 valence electrons. The molecule has 27 heavy (non-hydrogen) atoms. The molecule has 0 unspecified atom stereocenters. The smallest absolute Gasteiger partial charge is 0.223 e. The molecule has 1 aromatic rings. The Morgan fingerprint density at radius 1 is 1.30 bits per heavy atom. The maximum Gasteiger partial charge on any atom is 0.223 e. The van der Waals surface area contributed by atoms with Gasteiger partial charge in [-0.1, -0.05) is 31.8 Å². The quantitative estimate of drug-likeness (QED) is 0.828. The minimum atomic E-state index is 0.109. The van der Waals surface area contributed by atoms with Gasteiger partial charge in [-0.2, -0.15) is 0 Å². The second-order valence-electron chi connectivity index (χ2n) is 9.17. The number of carbonyl (C=O) groups is 1. The molecule has 0 spiro atoms. The molecule has 6 nitrogen and oxygen atoms in total. The lowest BCUT2D eigenvalue weighted by molar-refractivity contribution is -0.129. The van der Waals surface area contributed by atoms with Crippen molar-refractivity contribution in [1.82, 2.24) is 15.4 Å². The van der Waals surface area contributed by atoms with E-state index in [1.807, 2.05) is 0 Å². The van der Waals surface area contributed by atoms with Gasteiger partial charge in [-0.3, -0.25) is 9.69 Å². The summed E-state index contributed by atoms with van der Waals surface area (Å²) in [5.74, 6) is 2.00. The van der Waals surface area contributed by atoms with Crippen LogP contribution in [0.15, 0.2) is 10.6 Å². The van der Waals surface area contributed by atoms with E-state index < -0.39 is 0 Å².